The zero-order chi connectivity index (χ0) is 27.0. The van der Waals surface area contributed by atoms with Crippen molar-refractivity contribution < 1.29 is 28.7 Å². The third-order valence-corrected chi connectivity index (χ3v) is 5.94. The number of carbonyl (C=O) groups excluding carboxylic acids is 4. The first-order valence-corrected chi connectivity index (χ1v) is 12.5. The predicted octanol–water partition coefficient (Wildman–Crippen LogP) is 3.65. The standard InChI is InChI=1S/C27H41N3O6/c1-17(2)14-21(29-26(34)36-27(4,5)6)25(33)30(20-12-9-13-20)23(19-11-8-10-18(3)15-19)24(32)28-16-22(31)35-7/h8,10-11,15,17,20-21,23H,9,12-14,16H2,1-7H3,(H,28,32)(H,29,34). The second kappa shape index (κ2) is 12.7. The Labute approximate surface area is 214 Å². The molecule has 0 aromatic heterocycles. The highest BCUT2D eigenvalue weighted by Gasteiger charge is 2.42. The number of rotatable bonds is 10. The van der Waals surface area contributed by atoms with Gasteiger partial charge in [-0.25, -0.2) is 4.79 Å². The molecule has 200 valence electrons. The van der Waals surface area contributed by atoms with Crippen LogP contribution in [0.3, 0.4) is 0 Å². The summed E-state index contributed by atoms with van der Waals surface area (Å²) >= 11 is 0. The summed E-state index contributed by atoms with van der Waals surface area (Å²) in [5.41, 5.74) is 0.851. The summed E-state index contributed by atoms with van der Waals surface area (Å²) in [6.45, 7) is 10.8. The van der Waals surface area contributed by atoms with Crippen LogP contribution in [0.5, 0.6) is 0 Å². The zero-order valence-corrected chi connectivity index (χ0v) is 22.6. The number of esters is 1. The van der Waals surface area contributed by atoms with E-state index < -0.39 is 35.7 Å². The van der Waals surface area contributed by atoms with Gasteiger partial charge in [-0.05, 0) is 64.9 Å². The lowest BCUT2D eigenvalue weighted by Gasteiger charge is -2.43. The Bertz CT molecular complexity index is 936. The van der Waals surface area contributed by atoms with Crippen molar-refractivity contribution in [2.75, 3.05) is 13.7 Å². The highest BCUT2D eigenvalue weighted by atomic mass is 16.6. The third kappa shape index (κ3) is 8.53. The van der Waals surface area contributed by atoms with Gasteiger partial charge in [-0.2, -0.15) is 0 Å². The molecule has 0 spiro atoms. The van der Waals surface area contributed by atoms with Crippen molar-refractivity contribution in [3.05, 3.63) is 35.4 Å². The van der Waals surface area contributed by atoms with Crippen LogP contribution in [-0.4, -0.2) is 60.1 Å². The Morgan fingerprint density at radius 1 is 1.14 bits per heavy atom. The molecule has 3 amide bonds. The first kappa shape index (κ1) is 29.1. The Balaban J connectivity index is 2.47. The summed E-state index contributed by atoms with van der Waals surface area (Å²) in [5.74, 6) is -1.31. The van der Waals surface area contributed by atoms with E-state index in [0.29, 0.717) is 12.0 Å². The summed E-state index contributed by atoms with van der Waals surface area (Å²) in [5, 5.41) is 5.37. The Morgan fingerprint density at radius 2 is 1.81 bits per heavy atom. The van der Waals surface area contributed by atoms with Gasteiger partial charge in [0.2, 0.25) is 11.8 Å². The number of aryl methyl sites for hydroxylation is 1. The molecule has 1 aliphatic rings. The van der Waals surface area contributed by atoms with Crippen molar-refractivity contribution in [2.45, 2.75) is 91.0 Å². The lowest BCUT2D eigenvalue weighted by Crippen LogP contribution is -2.58. The van der Waals surface area contributed by atoms with E-state index in [0.717, 1.165) is 24.8 Å². The fourth-order valence-corrected chi connectivity index (χ4v) is 4.11. The first-order chi connectivity index (χ1) is 16.8. The molecule has 2 N–H and O–H groups in total. The minimum atomic E-state index is -0.970. The molecule has 1 aromatic carbocycles. The number of nitrogens with zero attached hydrogens (tertiary/aromatic N) is 1. The van der Waals surface area contributed by atoms with Gasteiger partial charge in [-0.15, -0.1) is 0 Å². The van der Waals surface area contributed by atoms with Gasteiger partial charge in [-0.3, -0.25) is 14.4 Å². The van der Waals surface area contributed by atoms with Crippen LogP contribution in [0.25, 0.3) is 0 Å². The highest BCUT2D eigenvalue weighted by molar-refractivity contribution is 5.93. The molecule has 0 radical (unpaired) electrons. The van der Waals surface area contributed by atoms with E-state index in [2.05, 4.69) is 15.4 Å². The SMILES string of the molecule is COC(=O)CNC(=O)C(c1cccc(C)c1)N(C(=O)C(CC(C)C)NC(=O)OC(C)(C)C)C1CCC1. The summed E-state index contributed by atoms with van der Waals surface area (Å²) in [7, 11) is 1.25. The van der Waals surface area contributed by atoms with E-state index in [1.54, 1.807) is 31.7 Å². The topological polar surface area (TPSA) is 114 Å². The lowest BCUT2D eigenvalue weighted by molar-refractivity contribution is -0.148. The van der Waals surface area contributed by atoms with Gasteiger partial charge in [0.25, 0.3) is 0 Å². The van der Waals surface area contributed by atoms with Crippen LogP contribution in [0.15, 0.2) is 24.3 Å². The molecule has 36 heavy (non-hydrogen) atoms. The average molecular weight is 504 g/mol. The van der Waals surface area contributed by atoms with Crippen LogP contribution < -0.4 is 10.6 Å². The molecule has 1 fully saturated rings. The van der Waals surface area contributed by atoms with Gasteiger partial charge in [0, 0.05) is 6.04 Å². The van der Waals surface area contributed by atoms with Crippen molar-refractivity contribution in [1.29, 1.82) is 0 Å². The minimum absolute atomic E-state index is 0.0997. The van der Waals surface area contributed by atoms with E-state index in [1.807, 2.05) is 39.0 Å². The monoisotopic (exact) mass is 503 g/mol. The number of alkyl carbamates (subject to hydrolysis) is 1. The number of carbonyl (C=O) groups is 4. The summed E-state index contributed by atoms with van der Waals surface area (Å²) in [4.78, 5) is 53.5. The van der Waals surface area contributed by atoms with Gasteiger partial charge >= 0.3 is 12.1 Å². The van der Waals surface area contributed by atoms with E-state index in [1.165, 1.54) is 7.11 Å². The maximum absolute atomic E-state index is 14.1. The molecule has 0 heterocycles. The summed E-state index contributed by atoms with van der Waals surface area (Å²) < 4.78 is 10.1. The summed E-state index contributed by atoms with van der Waals surface area (Å²) in [6.07, 6.45) is 2.13. The van der Waals surface area contributed by atoms with Gasteiger partial charge in [0.05, 0.1) is 7.11 Å². The number of nitrogens with one attached hydrogen (secondary N) is 2. The van der Waals surface area contributed by atoms with Gasteiger partial charge in [0.15, 0.2) is 0 Å². The maximum Gasteiger partial charge on any atom is 0.408 e. The smallest absolute Gasteiger partial charge is 0.408 e. The van der Waals surface area contributed by atoms with Crippen LogP contribution >= 0.6 is 0 Å². The van der Waals surface area contributed by atoms with Gasteiger partial charge < -0.3 is 25.0 Å². The number of ether oxygens (including phenoxy) is 2. The van der Waals surface area contributed by atoms with Crippen molar-refractivity contribution in [2.24, 2.45) is 5.92 Å². The second-order valence-electron chi connectivity index (χ2n) is 10.8. The fraction of sp³-hybridized carbons (Fsp3) is 0.630. The number of hydrogen-bond acceptors (Lipinski definition) is 6. The molecule has 2 atom stereocenters. The van der Waals surface area contributed by atoms with Crippen molar-refractivity contribution in [3.8, 4) is 0 Å². The maximum atomic E-state index is 14.1. The van der Waals surface area contributed by atoms with E-state index >= 15 is 0 Å². The van der Waals surface area contributed by atoms with Crippen LogP contribution in [0, 0.1) is 12.8 Å². The molecule has 9 heteroatoms. The molecule has 1 aliphatic carbocycles. The average Bonchev–Trinajstić information content (AvgIpc) is 2.73. The fourth-order valence-electron chi connectivity index (χ4n) is 4.11. The Morgan fingerprint density at radius 3 is 2.31 bits per heavy atom. The molecular weight excluding hydrogens is 462 g/mol. The third-order valence-electron chi connectivity index (χ3n) is 5.94. The van der Waals surface area contributed by atoms with Crippen LogP contribution in [0.1, 0.15) is 77.5 Å². The van der Waals surface area contributed by atoms with Crippen LogP contribution in [0.2, 0.25) is 0 Å². The quantitative estimate of drug-likeness (QED) is 0.471. The lowest BCUT2D eigenvalue weighted by atomic mass is 9.87. The van der Waals surface area contributed by atoms with Gasteiger partial charge in [0.1, 0.15) is 24.2 Å². The second-order valence-corrected chi connectivity index (χ2v) is 10.8. The van der Waals surface area contributed by atoms with Gasteiger partial charge in [-0.1, -0.05) is 43.7 Å². The molecule has 0 saturated heterocycles. The summed E-state index contributed by atoms with van der Waals surface area (Å²) in [6, 6.07) is 5.39. The van der Waals surface area contributed by atoms with E-state index in [-0.39, 0.29) is 24.4 Å². The molecule has 2 rings (SSSR count). The van der Waals surface area contributed by atoms with Crippen LogP contribution in [0.4, 0.5) is 4.79 Å². The molecule has 0 aliphatic heterocycles. The normalized spacial score (nSPS) is 15.3. The highest BCUT2D eigenvalue weighted by Crippen LogP contribution is 2.34. The predicted molar refractivity (Wildman–Crippen MR) is 136 cm³/mol. The first-order valence-electron chi connectivity index (χ1n) is 12.5. The molecule has 9 nitrogen and oxygen atoms in total. The molecule has 1 saturated carbocycles. The molecule has 2 unspecified atom stereocenters. The van der Waals surface area contributed by atoms with Crippen molar-refractivity contribution in [3.63, 3.8) is 0 Å². The number of benzene rings is 1. The number of hydrogen-bond donors (Lipinski definition) is 2. The molecule has 0 bridgehead atoms. The number of amides is 3. The van der Waals surface area contributed by atoms with E-state index in [4.69, 9.17) is 4.74 Å². The minimum Gasteiger partial charge on any atom is -0.468 e. The van der Waals surface area contributed by atoms with Crippen molar-refractivity contribution in [1.82, 2.24) is 15.5 Å². The van der Waals surface area contributed by atoms with Crippen molar-refractivity contribution >= 4 is 23.9 Å². The van der Waals surface area contributed by atoms with Crippen LogP contribution in [-0.2, 0) is 23.9 Å². The number of methoxy groups -OCH3 is 1. The largest absolute Gasteiger partial charge is 0.468 e. The zero-order valence-electron chi connectivity index (χ0n) is 22.6. The molecule has 1 aromatic rings. The Kier molecular flexibility index (Phi) is 10.3. The molecular formula is C27H41N3O6. The Hall–Kier alpha value is -3.10. The van der Waals surface area contributed by atoms with E-state index in [9.17, 15) is 19.2 Å².